The van der Waals surface area contributed by atoms with Crippen molar-refractivity contribution in [1.82, 2.24) is 15.0 Å². The van der Waals surface area contributed by atoms with Crippen molar-refractivity contribution in [1.29, 1.82) is 5.26 Å². The van der Waals surface area contributed by atoms with Crippen molar-refractivity contribution in [3.8, 4) is 6.07 Å². The summed E-state index contributed by atoms with van der Waals surface area (Å²) in [5.41, 5.74) is 0.885. The molecule has 22 heavy (non-hydrogen) atoms. The molecule has 0 aromatic carbocycles. The largest absolute Gasteiger partial charge is 0.433 e. The number of nitriles is 1. The molecule has 114 valence electrons. The van der Waals surface area contributed by atoms with Crippen molar-refractivity contribution >= 4 is 11.8 Å². The van der Waals surface area contributed by atoms with Crippen LogP contribution in [0.25, 0.3) is 0 Å². The lowest BCUT2D eigenvalue weighted by Gasteiger charge is -2.10. The van der Waals surface area contributed by atoms with E-state index >= 15 is 0 Å². The molecule has 0 N–H and O–H groups in total. The Hall–Kier alpha value is -2.14. The van der Waals surface area contributed by atoms with Crippen LogP contribution >= 0.6 is 11.8 Å². The summed E-state index contributed by atoms with van der Waals surface area (Å²) in [5.74, 6) is 0. The van der Waals surface area contributed by atoms with Crippen molar-refractivity contribution in [3.63, 3.8) is 0 Å². The molecule has 0 amide bonds. The molecule has 2 rings (SSSR count). The summed E-state index contributed by atoms with van der Waals surface area (Å²) in [7, 11) is 0. The van der Waals surface area contributed by atoms with E-state index < -0.39 is 11.9 Å². The summed E-state index contributed by atoms with van der Waals surface area (Å²) in [6, 6.07) is 4.63. The van der Waals surface area contributed by atoms with Gasteiger partial charge in [0.1, 0.15) is 16.8 Å². The minimum absolute atomic E-state index is 0.0821. The average molecular weight is 324 g/mol. The van der Waals surface area contributed by atoms with Crippen molar-refractivity contribution in [2.45, 2.75) is 37.1 Å². The normalized spacial score (nSPS) is 11.3. The van der Waals surface area contributed by atoms with Crippen molar-refractivity contribution in [2.24, 2.45) is 0 Å². The van der Waals surface area contributed by atoms with E-state index in [0.717, 1.165) is 17.8 Å². The van der Waals surface area contributed by atoms with Gasteiger partial charge in [0.25, 0.3) is 0 Å². The minimum atomic E-state index is -4.54. The topological polar surface area (TPSA) is 62.5 Å². The SMILES string of the molecule is Cc1cc(C(F)(F)F)nc(Sc2nc(C)cc(C)c2C#N)n1. The molecule has 0 saturated carbocycles. The summed E-state index contributed by atoms with van der Waals surface area (Å²) in [6.07, 6.45) is -4.54. The molecule has 0 bridgehead atoms. The number of alkyl halides is 3. The quantitative estimate of drug-likeness (QED) is 0.785. The highest BCUT2D eigenvalue weighted by atomic mass is 32.2. The highest BCUT2D eigenvalue weighted by Gasteiger charge is 2.33. The zero-order valence-corrected chi connectivity index (χ0v) is 12.8. The minimum Gasteiger partial charge on any atom is -0.245 e. The fourth-order valence-corrected chi connectivity index (χ4v) is 2.84. The van der Waals surface area contributed by atoms with Crippen LogP contribution in [0.15, 0.2) is 22.3 Å². The molecule has 2 aromatic rings. The van der Waals surface area contributed by atoms with E-state index in [0.29, 0.717) is 21.8 Å². The number of halogens is 3. The van der Waals surface area contributed by atoms with E-state index in [1.165, 1.54) is 6.92 Å². The van der Waals surface area contributed by atoms with Gasteiger partial charge in [0.15, 0.2) is 5.16 Å². The number of pyridine rings is 1. The number of hydrogen-bond donors (Lipinski definition) is 0. The second-order valence-electron chi connectivity index (χ2n) is 4.65. The third-order valence-electron chi connectivity index (χ3n) is 2.74. The molecule has 4 nitrogen and oxygen atoms in total. The van der Waals surface area contributed by atoms with Gasteiger partial charge in [-0.3, -0.25) is 0 Å². The molecule has 0 radical (unpaired) electrons. The Morgan fingerprint density at radius 1 is 1.05 bits per heavy atom. The van der Waals surface area contributed by atoms with Crippen LogP contribution in [0.3, 0.4) is 0 Å². The Labute approximate surface area is 129 Å². The van der Waals surface area contributed by atoms with Gasteiger partial charge >= 0.3 is 6.18 Å². The monoisotopic (exact) mass is 324 g/mol. The number of nitrogens with zero attached hydrogens (tertiary/aromatic N) is 4. The van der Waals surface area contributed by atoms with Crippen LogP contribution in [-0.2, 0) is 6.18 Å². The number of rotatable bonds is 2. The molecule has 0 aliphatic heterocycles. The second-order valence-corrected chi connectivity index (χ2v) is 5.61. The number of aryl methyl sites for hydroxylation is 3. The van der Waals surface area contributed by atoms with Gasteiger partial charge in [-0.2, -0.15) is 18.4 Å². The van der Waals surface area contributed by atoms with Gasteiger partial charge < -0.3 is 0 Å². The van der Waals surface area contributed by atoms with E-state index in [-0.39, 0.29) is 10.9 Å². The molecule has 0 aliphatic rings. The highest BCUT2D eigenvalue weighted by Crippen LogP contribution is 2.32. The molecule has 0 atom stereocenters. The van der Waals surface area contributed by atoms with Crippen molar-refractivity contribution in [3.05, 3.63) is 40.3 Å². The molecule has 8 heteroatoms. The number of aromatic nitrogens is 3. The maximum absolute atomic E-state index is 12.8. The van der Waals surface area contributed by atoms with Gasteiger partial charge in [0, 0.05) is 11.4 Å². The van der Waals surface area contributed by atoms with Crippen LogP contribution in [0.5, 0.6) is 0 Å². The first-order chi connectivity index (χ1) is 10.2. The van der Waals surface area contributed by atoms with Crippen molar-refractivity contribution < 1.29 is 13.2 Å². The molecule has 0 aliphatic carbocycles. The molecule has 0 unspecified atom stereocenters. The Balaban J connectivity index is 2.49. The van der Waals surface area contributed by atoms with Gasteiger partial charge in [-0.05, 0) is 50.2 Å². The number of hydrogen-bond acceptors (Lipinski definition) is 5. The molecule has 2 heterocycles. The lowest BCUT2D eigenvalue weighted by atomic mass is 10.1. The Bertz CT molecular complexity index is 766. The molecular weight excluding hydrogens is 313 g/mol. The zero-order chi connectivity index (χ0) is 16.5. The third-order valence-corrected chi connectivity index (χ3v) is 3.59. The van der Waals surface area contributed by atoms with E-state index in [2.05, 4.69) is 15.0 Å². The first-order valence-electron chi connectivity index (χ1n) is 6.20. The molecular formula is C14H11F3N4S. The maximum atomic E-state index is 12.8. The third kappa shape index (κ3) is 3.54. The van der Waals surface area contributed by atoms with Crippen LogP contribution in [0.2, 0.25) is 0 Å². The first kappa shape index (κ1) is 16.2. The summed E-state index contributed by atoms with van der Waals surface area (Å²) in [4.78, 5) is 11.7. The second kappa shape index (κ2) is 5.93. The zero-order valence-electron chi connectivity index (χ0n) is 12.0. The average Bonchev–Trinajstić information content (AvgIpc) is 2.36. The fourth-order valence-electron chi connectivity index (χ4n) is 1.83. The van der Waals surface area contributed by atoms with Crippen LogP contribution in [0.1, 0.15) is 28.2 Å². The van der Waals surface area contributed by atoms with Gasteiger partial charge in [0.05, 0.1) is 5.56 Å². The summed E-state index contributed by atoms with van der Waals surface area (Å²) < 4.78 is 38.4. The fraction of sp³-hybridized carbons (Fsp3) is 0.286. The molecule has 0 fully saturated rings. The Morgan fingerprint density at radius 3 is 2.27 bits per heavy atom. The Morgan fingerprint density at radius 2 is 1.68 bits per heavy atom. The molecule has 0 spiro atoms. The van der Waals surface area contributed by atoms with E-state index in [9.17, 15) is 18.4 Å². The molecule has 0 saturated heterocycles. The predicted molar refractivity (Wildman–Crippen MR) is 74.3 cm³/mol. The van der Waals surface area contributed by atoms with Crippen LogP contribution in [0.4, 0.5) is 13.2 Å². The van der Waals surface area contributed by atoms with Gasteiger partial charge in [0.2, 0.25) is 0 Å². The summed E-state index contributed by atoms with van der Waals surface area (Å²) >= 11 is 0.856. The smallest absolute Gasteiger partial charge is 0.245 e. The Kier molecular flexibility index (Phi) is 4.37. The van der Waals surface area contributed by atoms with Crippen LogP contribution < -0.4 is 0 Å². The standard InChI is InChI=1S/C14H11F3N4S/c1-7-4-8(2)19-12(10(7)6-18)22-13-20-9(3)5-11(21-13)14(15,16)17/h4-5H,1-3H3. The predicted octanol–water partition coefficient (Wildman–Crippen LogP) is 3.84. The summed E-state index contributed by atoms with van der Waals surface area (Å²) in [6.45, 7) is 4.95. The highest BCUT2D eigenvalue weighted by molar-refractivity contribution is 7.99. The van der Waals surface area contributed by atoms with Crippen molar-refractivity contribution in [2.75, 3.05) is 0 Å². The summed E-state index contributed by atoms with van der Waals surface area (Å²) in [5, 5.41) is 9.40. The first-order valence-corrected chi connectivity index (χ1v) is 7.01. The van der Waals surface area contributed by atoms with Gasteiger partial charge in [-0.25, -0.2) is 15.0 Å². The van der Waals surface area contributed by atoms with E-state index in [1.54, 1.807) is 19.9 Å². The molecule has 2 aromatic heterocycles. The maximum Gasteiger partial charge on any atom is 0.433 e. The van der Waals surface area contributed by atoms with Crippen LogP contribution in [-0.4, -0.2) is 15.0 Å². The van der Waals surface area contributed by atoms with Gasteiger partial charge in [-0.15, -0.1) is 0 Å². The lowest BCUT2D eigenvalue weighted by Crippen LogP contribution is -2.10. The van der Waals surface area contributed by atoms with E-state index in [4.69, 9.17) is 0 Å². The van der Waals surface area contributed by atoms with Gasteiger partial charge in [-0.1, -0.05) is 0 Å². The lowest BCUT2D eigenvalue weighted by molar-refractivity contribution is -0.141. The van der Waals surface area contributed by atoms with Crippen LogP contribution in [0, 0.1) is 32.1 Å². The van der Waals surface area contributed by atoms with E-state index in [1.807, 2.05) is 6.07 Å².